The Kier molecular flexibility index (Phi) is 2.92. The Hall–Kier alpha value is -0.0800. The fourth-order valence-corrected chi connectivity index (χ4v) is 5.55. The van der Waals surface area contributed by atoms with Gasteiger partial charge in [-0.25, -0.2) is 0 Å². The van der Waals surface area contributed by atoms with E-state index in [0.29, 0.717) is 6.04 Å². The summed E-state index contributed by atoms with van der Waals surface area (Å²) in [6, 6.07) is 1.36. The molecule has 0 radical (unpaired) electrons. The van der Waals surface area contributed by atoms with E-state index in [2.05, 4.69) is 5.32 Å². The summed E-state index contributed by atoms with van der Waals surface area (Å²) in [5.74, 6) is 5.10. The van der Waals surface area contributed by atoms with E-state index in [1.165, 1.54) is 51.5 Å². The molecule has 0 aromatic heterocycles. The van der Waals surface area contributed by atoms with E-state index in [1.54, 1.807) is 6.42 Å². The van der Waals surface area contributed by atoms with Crippen LogP contribution >= 0.6 is 0 Å². The van der Waals surface area contributed by atoms with Crippen LogP contribution in [0.4, 0.5) is 0 Å². The molecule has 0 spiro atoms. The SMILES string of the molecule is NC1CCCCCC1CNC1C2C3CCC(C3)C12. The van der Waals surface area contributed by atoms with E-state index in [-0.39, 0.29) is 0 Å². The predicted octanol–water partition coefficient (Wildman–Crippen LogP) is 2.53. The molecule has 2 nitrogen and oxygen atoms in total. The largest absolute Gasteiger partial charge is 0.327 e. The van der Waals surface area contributed by atoms with Crippen molar-refractivity contribution >= 4 is 0 Å². The Morgan fingerprint density at radius 1 is 0.889 bits per heavy atom. The van der Waals surface area contributed by atoms with Gasteiger partial charge in [-0.15, -0.1) is 0 Å². The first-order chi connectivity index (χ1) is 8.84. The molecule has 0 amide bonds. The molecule has 18 heavy (non-hydrogen) atoms. The Morgan fingerprint density at radius 2 is 1.61 bits per heavy atom. The van der Waals surface area contributed by atoms with Crippen molar-refractivity contribution in [2.45, 2.75) is 63.5 Å². The third-order valence-electron chi connectivity index (χ3n) is 6.57. The van der Waals surface area contributed by atoms with Crippen molar-refractivity contribution in [1.82, 2.24) is 5.32 Å². The Balaban J connectivity index is 1.29. The van der Waals surface area contributed by atoms with Gasteiger partial charge in [-0.3, -0.25) is 0 Å². The lowest BCUT2D eigenvalue weighted by Crippen LogP contribution is -2.38. The van der Waals surface area contributed by atoms with E-state index in [1.807, 2.05) is 0 Å². The lowest BCUT2D eigenvalue weighted by Gasteiger charge is -2.22. The second kappa shape index (κ2) is 4.49. The third kappa shape index (κ3) is 1.84. The van der Waals surface area contributed by atoms with Gasteiger partial charge in [-0.2, -0.15) is 0 Å². The maximum atomic E-state index is 6.33. The Bertz CT molecular complexity index is 300. The molecule has 2 heteroatoms. The van der Waals surface area contributed by atoms with Gasteiger partial charge < -0.3 is 11.1 Å². The molecule has 6 unspecified atom stereocenters. The van der Waals surface area contributed by atoms with E-state index in [0.717, 1.165) is 35.6 Å². The zero-order valence-electron chi connectivity index (χ0n) is 11.5. The summed E-state index contributed by atoms with van der Waals surface area (Å²) in [7, 11) is 0. The highest BCUT2D eigenvalue weighted by molar-refractivity contribution is 5.16. The zero-order valence-corrected chi connectivity index (χ0v) is 11.5. The van der Waals surface area contributed by atoms with Gasteiger partial charge >= 0.3 is 0 Å². The summed E-state index contributed by atoms with van der Waals surface area (Å²) in [4.78, 5) is 0. The molecule has 4 aliphatic carbocycles. The maximum absolute atomic E-state index is 6.33. The zero-order chi connectivity index (χ0) is 12.1. The molecule has 0 aliphatic heterocycles. The van der Waals surface area contributed by atoms with E-state index in [4.69, 9.17) is 5.73 Å². The van der Waals surface area contributed by atoms with Gasteiger partial charge in [0.25, 0.3) is 0 Å². The van der Waals surface area contributed by atoms with Gasteiger partial charge in [0.15, 0.2) is 0 Å². The first-order valence-electron chi connectivity index (χ1n) is 8.33. The van der Waals surface area contributed by atoms with Crippen LogP contribution in [0, 0.1) is 29.6 Å². The van der Waals surface area contributed by atoms with Crippen molar-refractivity contribution < 1.29 is 0 Å². The summed E-state index contributed by atoms with van der Waals surface area (Å²) < 4.78 is 0. The van der Waals surface area contributed by atoms with Gasteiger partial charge in [0.05, 0.1) is 0 Å². The normalized spacial score (nSPS) is 54.2. The van der Waals surface area contributed by atoms with E-state index < -0.39 is 0 Å². The maximum Gasteiger partial charge on any atom is 0.0136 e. The Labute approximate surface area is 111 Å². The van der Waals surface area contributed by atoms with Crippen LogP contribution in [0.5, 0.6) is 0 Å². The second-order valence-corrected chi connectivity index (χ2v) is 7.48. The summed E-state index contributed by atoms with van der Waals surface area (Å²) in [6.07, 6.45) is 11.4. The second-order valence-electron chi connectivity index (χ2n) is 7.48. The minimum absolute atomic E-state index is 0.468. The highest BCUT2D eigenvalue weighted by Crippen LogP contribution is 2.65. The van der Waals surface area contributed by atoms with Crippen molar-refractivity contribution in [2.75, 3.05) is 6.54 Å². The van der Waals surface area contributed by atoms with Gasteiger partial charge in [0.2, 0.25) is 0 Å². The molecule has 4 fully saturated rings. The molecule has 102 valence electrons. The predicted molar refractivity (Wildman–Crippen MR) is 74.2 cm³/mol. The van der Waals surface area contributed by atoms with E-state index in [9.17, 15) is 0 Å². The molecule has 4 saturated carbocycles. The van der Waals surface area contributed by atoms with Crippen molar-refractivity contribution in [3.05, 3.63) is 0 Å². The van der Waals surface area contributed by atoms with Crippen molar-refractivity contribution in [3.63, 3.8) is 0 Å². The molecule has 0 saturated heterocycles. The van der Waals surface area contributed by atoms with Crippen LogP contribution < -0.4 is 11.1 Å². The molecule has 2 bridgehead atoms. The van der Waals surface area contributed by atoms with Crippen LogP contribution in [0.2, 0.25) is 0 Å². The smallest absolute Gasteiger partial charge is 0.0136 e. The van der Waals surface area contributed by atoms with Crippen molar-refractivity contribution in [1.29, 1.82) is 0 Å². The van der Waals surface area contributed by atoms with Gasteiger partial charge in [0, 0.05) is 12.1 Å². The number of rotatable bonds is 3. The Morgan fingerprint density at radius 3 is 2.39 bits per heavy atom. The van der Waals surface area contributed by atoms with Gasteiger partial charge in [-0.1, -0.05) is 19.3 Å². The van der Waals surface area contributed by atoms with Crippen molar-refractivity contribution in [2.24, 2.45) is 35.3 Å². The van der Waals surface area contributed by atoms with Crippen LogP contribution in [-0.2, 0) is 0 Å². The van der Waals surface area contributed by atoms with Crippen LogP contribution in [0.3, 0.4) is 0 Å². The lowest BCUT2D eigenvalue weighted by molar-refractivity contribution is 0.355. The average Bonchev–Trinajstić information content (AvgIpc) is 2.84. The quantitative estimate of drug-likeness (QED) is 0.753. The van der Waals surface area contributed by atoms with Crippen LogP contribution in [-0.4, -0.2) is 18.6 Å². The first-order valence-corrected chi connectivity index (χ1v) is 8.33. The summed E-state index contributed by atoms with van der Waals surface area (Å²) in [6.45, 7) is 1.21. The fraction of sp³-hybridized carbons (Fsp3) is 1.00. The van der Waals surface area contributed by atoms with Crippen LogP contribution in [0.25, 0.3) is 0 Å². The molecule has 0 aromatic rings. The van der Waals surface area contributed by atoms with Crippen LogP contribution in [0.15, 0.2) is 0 Å². The highest BCUT2D eigenvalue weighted by Gasteiger charge is 2.64. The van der Waals surface area contributed by atoms with E-state index >= 15 is 0 Å². The molecular formula is C16H28N2. The average molecular weight is 248 g/mol. The monoisotopic (exact) mass is 248 g/mol. The topological polar surface area (TPSA) is 38.0 Å². The summed E-state index contributed by atoms with van der Waals surface area (Å²) >= 11 is 0. The molecule has 3 N–H and O–H groups in total. The van der Waals surface area contributed by atoms with Gasteiger partial charge in [-0.05, 0) is 68.2 Å². The molecule has 6 atom stereocenters. The van der Waals surface area contributed by atoms with Gasteiger partial charge in [0.1, 0.15) is 0 Å². The number of nitrogens with one attached hydrogen (secondary N) is 1. The number of hydrogen-bond donors (Lipinski definition) is 2. The molecule has 4 rings (SSSR count). The first kappa shape index (κ1) is 11.7. The molecule has 0 aromatic carbocycles. The standard InChI is InChI=1S/C16H28N2/c17-13-5-3-1-2-4-12(13)9-18-16-14-10-6-7-11(8-10)15(14)16/h10-16,18H,1-9,17H2. The number of fused-ring (bicyclic) bond motifs is 5. The number of hydrogen-bond acceptors (Lipinski definition) is 2. The molecule has 4 aliphatic rings. The summed E-state index contributed by atoms with van der Waals surface area (Å²) in [5.41, 5.74) is 6.33. The fourth-order valence-electron chi connectivity index (χ4n) is 5.55. The molecule has 0 heterocycles. The van der Waals surface area contributed by atoms with Crippen molar-refractivity contribution in [3.8, 4) is 0 Å². The summed E-state index contributed by atoms with van der Waals surface area (Å²) in [5, 5.41) is 3.91. The highest BCUT2D eigenvalue weighted by atomic mass is 15.0. The van der Waals surface area contributed by atoms with Crippen LogP contribution in [0.1, 0.15) is 51.4 Å². The minimum atomic E-state index is 0.468. The lowest BCUT2D eigenvalue weighted by atomic mass is 9.95. The number of nitrogens with two attached hydrogens (primary N) is 1. The minimum Gasteiger partial charge on any atom is -0.327 e. The molecular weight excluding hydrogens is 220 g/mol. The third-order valence-corrected chi connectivity index (χ3v) is 6.57.